The second-order valence-electron chi connectivity index (χ2n) is 3.91. The quantitative estimate of drug-likeness (QED) is 0.220. The van der Waals surface area contributed by atoms with E-state index in [0.29, 0.717) is 0 Å². The minimum absolute atomic E-state index is 0.499. The highest BCUT2D eigenvalue weighted by Crippen LogP contribution is 2.29. The Bertz CT molecular complexity index is 372. The Morgan fingerprint density at radius 3 is 2.72 bits per heavy atom. The minimum Gasteiger partial charge on any atom is -0.477 e. The highest BCUT2D eigenvalue weighted by atomic mass is 16.7. The first kappa shape index (κ1) is 14.6. The van der Waals surface area contributed by atoms with Crippen LogP contribution in [0.25, 0.3) is 10.4 Å². The second-order valence-corrected chi connectivity index (χ2v) is 3.91. The molecule has 0 aromatic carbocycles. The number of rotatable bonds is 4. The van der Waals surface area contributed by atoms with E-state index in [4.69, 9.17) is 10.6 Å². The Morgan fingerprint density at radius 1 is 1.61 bits per heavy atom. The highest BCUT2D eigenvalue weighted by molar-refractivity contribution is 5.75. The van der Waals surface area contributed by atoms with Gasteiger partial charge in [-0.1, -0.05) is 5.11 Å². The van der Waals surface area contributed by atoms with Crippen molar-refractivity contribution in [2.24, 2.45) is 5.11 Å². The van der Waals surface area contributed by atoms with Crippen molar-refractivity contribution in [1.82, 2.24) is 0 Å². The van der Waals surface area contributed by atoms with Gasteiger partial charge in [-0.3, -0.25) is 0 Å². The number of hydrogen-bond donors (Lipinski definition) is 5. The maximum absolute atomic E-state index is 10.8. The molecule has 18 heavy (non-hydrogen) atoms. The maximum atomic E-state index is 10.8. The van der Waals surface area contributed by atoms with Gasteiger partial charge in [-0.15, -0.1) is 0 Å². The van der Waals surface area contributed by atoms with E-state index in [0.717, 1.165) is 0 Å². The summed E-state index contributed by atoms with van der Waals surface area (Å²) in [7, 11) is 0. The molecule has 0 saturated carbocycles. The lowest BCUT2D eigenvalue weighted by Crippen LogP contribution is -2.61. The molecule has 1 rings (SSSR count). The summed E-state index contributed by atoms with van der Waals surface area (Å²) in [5.74, 6) is -4.46. The van der Waals surface area contributed by atoms with Crippen molar-refractivity contribution in [3.05, 3.63) is 10.4 Å². The fourth-order valence-electron chi connectivity index (χ4n) is 1.63. The van der Waals surface area contributed by atoms with Gasteiger partial charge in [0.1, 0.15) is 12.2 Å². The molecule has 102 valence electrons. The number of aliphatic hydroxyl groups is 4. The normalized spacial score (nSPS) is 37.7. The van der Waals surface area contributed by atoms with Gasteiger partial charge in [0.25, 0.3) is 5.79 Å². The average Bonchev–Trinajstić information content (AvgIpc) is 2.30. The first-order valence-corrected chi connectivity index (χ1v) is 5.00. The highest BCUT2D eigenvalue weighted by Gasteiger charge is 2.52. The Morgan fingerprint density at radius 2 is 2.22 bits per heavy atom. The van der Waals surface area contributed by atoms with Crippen molar-refractivity contribution in [3.8, 4) is 0 Å². The zero-order valence-corrected chi connectivity index (χ0v) is 9.12. The molecule has 0 radical (unpaired) electrons. The predicted molar refractivity (Wildman–Crippen MR) is 54.1 cm³/mol. The Balaban J connectivity index is 2.88. The lowest BCUT2D eigenvalue weighted by Gasteiger charge is -2.41. The lowest BCUT2D eigenvalue weighted by molar-refractivity contribution is -0.306. The Labute approximate surface area is 101 Å². The first-order chi connectivity index (χ1) is 8.31. The van der Waals surface area contributed by atoms with Crippen molar-refractivity contribution >= 4 is 5.97 Å². The molecule has 0 aliphatic carbocycles. The van der Waals surface area contributed by atoms with Crippen molar-refractivity contribution in [2.45, 2.75) is 36.6 Å². The first-order valence-electron chi connectivity index (χ1n) is 5.00. The molecule has 0 aromatic rings. The summed E-state index contributed by atoms with van der Waals surface area (Å²) in [6, 6.07) is 0. The molecule has 5 atom stereocenters. The van der Waals surface area contributed by atoms with Crippen molar-refractivity contribution < 1.29 is 35.1 Å². The van der Waals surface area contributed by atoms with Gasteiger partial charge < -0.3 is 30.3 Å². The summed E-state index contributed by atoms with van der Waals surface area (Å²) >= 11 is 0. The van der Waals surface area contributed by atoms with Crippen molar-refractivity contribution in [3.63, 3.8) is 0 Å². The second kappa shape index (κ2) is 5.48. The number of aliphatic hydroxyl groups excluding tert-OH is 3. The molecule has 1 aliphatic rings. The molecule has 10 heteroatoms. The van der Waals surface area contributed by atoms with E-state index in [1.54, 1.807) is 0 Å². The van der Waals surface area contributed by atoms with E-state index in [-0.39, 0.29) is 0 Å². The van der Waals surface area contributed by atoms with Crippen LogP contribution in [0.2, 0.25) is 0 Å². The third-order valence-corrected chi connectivity index (χ3v) is 2.59. The number of carbonyl (C=O) groups is 1. The zero-order valence-electron chi connectivity index (χ0n) is 9.12. The molecule has 0 bridgehead atoms. The van der Waals surface area contributed by atoms with E-state index in [2.05, 4.69) is 14.8 Å². The molecule has 1 heterocycles. The van der Waals surface area contributed by atoms with E-state index < -0.39 is 49.1 Å². The SMILES string of the molecule is [N-]=[N+]=NC[C@@H](O)C1O[C@@](O)(C(=O)O)C[C@@H](O)[C@H]1O. The summed E-state index contributed by atoms with van der Waals surface area (Å²) in [5.41, 5.74) is 8.07. The van der Waals surface area contributed by atoms with Gasteiger partial charge in [0.2, 0.25) is 0 Å². The van der Waals surface area contributed by atoms with Crippen molar-refractivity contribution in [2.75, 3.05) is 6.54 Å². The van der Waals surface area contributed by atoms with Crippen LogP contribution in [0.1, 0.15) is 6.42 Å². The van der Waals surface area contributed by atoms with Gasteiger partial charge in [0.15, 0.2) is 0 Å². The number of hydrogen-bond acceptors (Lipinski definition) is 7. The molecule has 0 amide bonds. The summed E-state index contributed by atoms with van der Waals surface area (Å²) < 4.78 is 4.69. The monoisotopic (exact) mass is 263 g/mol. The van der Waals surface area contributed by atoms with Crippen LogP contribution in [-0.2, 0) is 9.53 Å². The Hall–Kier alpha value is -1.42. The zero-order chi connectivity index (χ0) is 13.9. The molecule has 0 aromatic heterocycles. The number of carboxylic acids is 1. The predicted octanol–water partition coefficient (Wildman–Crippen LogP) is -2.06. The summed E-state index contributed by atoms with van der Waals surface area (Å²) in [6.45, 7) is -0.499. The summed E-state index contributed by atoms with van der Waals surface area (Å²) in [4.78, 5) is 13.2. The fourth-order valence-corrected chi connectivity index (χ4v) is 1.63. The largest absolute Gasteiger partial charge is 0.477 e. The minimum atomic E-state index is -2.71. The fraction of sp³-hybridized carbons (Fsp3) is 0.875. The van der Waals surface area contributed by atoms with Crippen LogP contribution in [0.3, 0.4) is 0 Å². The van der Waals surface area contributed by atoms with Crippen LogP contribution in [0, 0.1) is 0 Å². The molecule has 1 fully saturated rings. The van der Waals surface area contributed by atoms with Crippen LogP contribution in [-0.4, -0.2) is 68.2 Å². The molecule has 1 aliphatic heterocycles. The van der Waals surface area contributed by atoms with Crippen LogP contribution in [0.4, 0.5) is 0 Å². The standard InChI is InChI=1S/C8H13N3O7/c9-11-10-2-4(13)6-5(14)3(12)1-8(17,18-6)7(15)16/h3-6,12-14,17H,1-2H2,(H,15,16)/t3-,4-,5-,6?,8-/m1/s1. The molecule has 10 nitrogen and oxygen atoms in total. The van der Waals surface area contributed by atoms with E-state index in [1.165, 1.54) is 0 Å². The molecule has 5 N–H and O–H groups in total. The van der Waals surface area contributed by atoms with Gasteiger partial charge in [-0.25, -0.2) is 4.79 Å². The van der Waals surface area contributed by atoms with Gasteiger partial charge in [-0.2, -0.15) is 0 Å². The topological polar surface area (TPSA) is 176 Å². The number of carboxylic acid groups (broad SMARTS) is 1. The van der Waals surface area contributed by atoms with Crippen LogP contribution >= 0.6 is 0 Å². The third-order valence-electron chi connectivity index (χ3n) is 2.59. The smallest absolute Gasteiger partial charge is 0.364 e. The maximum Gasteiger partial charge on any atom is 0.364 e. The van der Waals surface area contributed by atoms with Gasteiger partial charge in [-0.05, 0) is 5.53 Å². The number of azide groups is 1. The third kappa shape index (κ3) is 2.88. The summed E-state index contributed by atoms with van der Waals surface area (Å²) in [6.07, 6.45) is -7.08. The van der Waals surface area contributed by atoms with Crippen LogP contribution < -0.4 is 0 Å². The summed E-state index contributed by atoms with van der Waals surface area (Å²) in [5, 5.41) is 49.9. The molecule has 1 saturated heterocycles. The molecular weight excluding hydrogens is 250 g/mol. The van der Waals surface area contributed by atoms with Gasteiger partial charge >= 0.3 is 5.97 Å². The van der Waals surface area contributed by atoms with Crippen LogP contribution in [0.15, 0.2) is 5.11 Å². The van der Waals surface area contributed by atoms with Crippen molar-refractivity contribution in [1.29, 1.82) is 0 Å². The number of nitrogens with zero attached hydrogens (tertiary/aromatic N) is 3. The Kier molecular flexibility index (Phi) is 4.46. The number of aliphatic carboxylic acids is 1. The molecule has 1 unspecified atom stereocenters. The average molecular weight is 263 g/mol. The van der Waals surface area contributed by atoms with Gasteiger partial charge in [0.05, 0.1) is 18.8 Å². The van der Waals surface area contributed by atoms with E-state index >= 15 is 0 Å². The van der Waals surface area contributed by atoms with E-state index in [9.17, 15) is 25.2 Å². The van der Waals surface area contributed by atoms with Crippen LogP contribution in [0.5, 0.6) is 0 Å². The number of ether oxygens (including phenoxy) is 1. The molecular formula is C8H13N3O7. The molecule has 0 spiro atoms. The van der Waals surface area contributed by atoms with Gasteiger partial charge in [0, 0.05) is 11.3 Å². The van der Waals surface area contributed by atoms with E-state index in [1.807, 2.05) is 0 Å². The lowest BCUT2D eigenvalue weighted by atomic mass is 9.92.